The van der Waals surface area contributed by atoms with E-state index >= 15 is 0 Å². The van der Waals surface area contributed by atoms with Gasteiger partial charge >= 0.3 is 0 Å². The van der Waals surface area contributed by atoms with Crippen LogP contribution in [0.1, 0.15) is 0 Å². The summed E-state index contributed by atoms with van der Waals surface area (Å²) in [7, 11) is 3.77. The number of carbonyl (C=O) groups is 2. The Morgan fingerprint density at radius 1 is 1.50 bits per heavy atom. The molecule has 0 bridgehead atoms. The summed E-state index contributed by atoms with van der Waals surface area (Å²) in [4.78, 5) is 24.0. The van der Waals surface area contributed by atoms with Crippen LogP contribution in [0.25, 0.3) is 0 Å². The highest BCUT2D eigenvalue weighted by atomic mass is 32.2. The van der Waals surface area contributed by atoms with E-state index in [-0.39, 0.29) is 11.1 Å². The van der Waals surface area contributed by atoms with Crippen LogP contribution >= 0.6 is 11.8 Å². The zero-order valence-corrected chi connectivity index (χ0v) is 8.89. The molecule has 0 spiro atoms. The minimum Gasteiger partial charge on any atom is -0.362 e. The summed E-state index contributed by atoms with van der Waals surface area (Å²) < 4.78 is 5.19. The van der Waals surface area contributed by atoms with Crippen LogP contribution in [0.3, 0.4) is 0 Å². The minimum absolute atomic E-state index is 0.325. The molecule has 6 heteroatoms. The first-order chi connectivity index (χ1) is 6.59. The van der Waals surface area contributed by atoms with Crippen LogP contribution in [-0.2, 0) is 9.53 Å². The molecular weight excluding hydrogens is 204 g/mol. The van der Waals surface area contributed by atoms with Gasteiger partial charge in [-0.15, -0.1) is 0 Å². The molecule has 0 unspecified atom stereocenters. The second kappa shape index (κ2) is 5.14. The zero-order valence-electron chi connectivity index (χ0n) is 8.07. The van der Waals surface area contributed by atoms with Crippen molar-refractivity contribution in [2.45, 2.75) is 0 Å². The van der Waals surface area contributed by atoms with Gasteiger partial charge in [0, 0.05) is 0 Å². The minimum atomic E-state index is -0.339. The van der Waals surface area contributed by atoms with Crippen LogP contribution < -0.4 is 5.32 Å². The highest BCUT2D eigenvalue weighted by molar-refractivity contribution is 8.18. The molecule has 1 saturated heterocycles. The molecule has 1 N–H and O–H groups in total. The summed E-state index contributed by atoms with van der Waals surface area (Å²) in [6, 6.07) is 0. The van der Waals surface area contributed by atoms with Crippen LogP contribution in [0.15, 0.2) is 11.0 Å². The van der Waals surface area contributed by atoms with Crippen molar-refractivity contribution in [2.24, 2.45) is 0 Å². The molecule has 78 valence electrons. The maximum atomic E-state index is 11.0. The van der Waals surface area contributed by atoms with E-state index in [9.17, 15) is 9.59 Å². The van der Waals surface area contributed by atoms with Gasteiger partial charge in [-0.2, -0.15) is 0 Å². The monoisotopic (exact) mass is 216 g/mol. The highest BCUT2D eigenvalue weighted by Crippen LogP contribution is 2.22. The van der Waals surface area contributed by atoms with E-state index in [2.05, 4.69) is 5.32 Å². The third kappa shape index (κ3) is 3.49. The van der Waals surface area contributed by atoms with Gasteiger partial charge in [0.15, 0.2) is 0 Å². The number of nitrogens with one attached hydrogen (secondary N) is 1. The topological polar surface area (TPSA) is 58.6 Å². The summed E-state index contributed by atoms with van der Waals surface area (Å²) in [6.45, 7) is 0.825. The van der Waals surface area contributed by atoms with Crippen LogP contribution in [0.2, 0.25) is 0 Å². The zero-order chi connectivity index (χ0) is 10.6. The van der Waals surface area contributed by atoms with Crippen molar-refractivity contribution < 1.29 is 14.3 Å². The molecular formula is C8H12N2O3S. The first kappa shape index (κ1) is 11.2. The molecule has 0 aliphatic carbocycles. The molecule has 1 aliphatic rings. The molecule has 2 amide bonds. The number of hydrogen-bond donors (Lipinski definition) is 1. The standard InChI is InChI=1S/C8H12N2O3S/c1-10(2)5-13-4-3-6-7(11)9-8(12)14-6/h3H,4-5H2,1-2H3,(H,9,11,12). The smallest absolute Gasteiger partial charge is 0.290 e. The molecule has 14 heavy (non-hydrogen) atoms. The Balaban J connectivity index is 2.31. The number of thioether (sulfide) groups is 1. The number of nitrogens with zero attached hydrogens (tertiary/aromatic N) is 1. The highest BCUT2D eigenvalue weighted by Gasteiger charge is 2.24. The molecule has 1 heterocycles. The van der Waals surface area contributed by atoms with Gasteiger partial charge in [0.25, 0.3) is 11.1 Å². The molecule has 0 aromatic heterocycles. The number of rotatable bonds is 4. The van der Waals surface area contributed by atoms with Crippen molar-refractivity contribution in [3.05, 3.63) is 11.0 Å². The Morgan fingerprint density at radius 2 is 2.21 bits per heavy atom. The quantitative estimate of drug-likeness (QED) is 0.418. The van der Waals surface area contributed by atoms with E-state index < -0.39 is 0 Å². The number of ether oxygens (including phenoxy) is 1. The van der Waals surface area contributed by atoms with Crippen LogP contribution in [0, 0.1) is 0 Å². The lowest BCUT2D eigenvalue weighted by molar-refractivity contribution is -0.115. The first-order valence-electron chi connectivity index (χ1n) is 4.05. The molecule has 0 saturated carbocycles. The Labute approximate surface area is 86.5 Å². The Hall–Kier alpha value is -0.850. The van der Waals surface area contributed by atoms with E-state index in [1.165, 1.54) is 0 Å². The summed E-state index contributed by atoms with van der Waals surface area (Å²) in [5, 5.41) is 1.84. The lowest BCUT2D eigenvalue weighted by Crippen LogP contribution is -2.18. The molecule has 0 aromatic rings. The Kier molecular flexibility index (Phi) is 4.12. The summed E-state index contributed by atoms with van der Waals surface area (Å²) in [5.74, 6) is -0.339. The summed E-state index contributed by atoms with van der Waals surface area (Å²) in [6.07, 6.45) is 1.61. The van der Waals surface area contributed by atoms with Crippen molar-refractivity contribution in [1.29, 1.82) is 0 Å². The van der Waals surface area contributed by atoms with E-state index in [1.54, 1.807) is 6.08 Å². The van der Waals surface area contributed by atoms with E-state index in [0.29, 0.717) is 18.2 Å². The molecule has 1 aliphatic heterocycles. The fourth-order valence-electron chi connectivity index (χ4n) is 0.830. The third-order valence-electron chi connectivity index (χ3n) is 1.38. The third-order valence-corrected chi connectivity index (χ3v) is 2.24. The van der Waals surface area contributed by atoms with E-state index in [1.807, 2.05) is 19.0 Å². The van der Waals surface area contributed by atoms with Gasteiger partial charge in [-0.1, -0.05) is 0 Å². The fourth-order valence-corrected chi connectivity index (χ4v) is 1.47. The SMILES string of the molecule is CN(C)COCC=C1SC(=O)NC1=O. The lowest BCUT2D eigenvalue weighted by Gasteiger charge is -2.08. The predicted molar refractivity (Wildman–Crippen MR) is 53.7 cm³/mol. The van der Waals surface area contributed by atoms with Crippen molar-refractivity contribution in [2.75, 3.05) is 27.4 Å². The second-order valence-corrected chi connectivity index (χ2v) is 4.01. The van der Waals surface area contributed by atoms with E-state index in [4.69, 9.17) is 4.74 Å². The van der Waals surface area contributed by atoms with Crippen LogP contribution in [-0.4, -0.2) is 43.5 Å². The fraction of sp³-hybridized carbons (Fsp3) is 0.500. The van der Waals surface area contributed by atoms with Crippen molar-refractivity contribution >= 4 is 22.9 Å². The van der Waals surface area contributed by atoms with Gasteiger partial charge in [-0.3, -0.25) is 19.8 Å². The van der Waals surface area contributed by atoms with Gasteiger partial charge in [0.05, 0.1) is 18.2 Å². The largest absolute Gasteiger partial charge is 0.362 e. The molecule has 0 radical (unpaired) electrons. The van der Waals surface area contributed by atoms with Crippen molar-refractivity contribution in [1.82, 2.24) is 10.2 Å². The molecule has 0 aromatic carbocycles. The van der Waals surface area contributed by atoms with Gasteiger partial charge in [-0.25, -0.2) is 0 Å². The number of imide groups is 1. The van der Waals surface area contributed by atoms with Crippen molar-refractivity contribution in [3.63, 3.8) is 0 Å². The summed E-state index contributed by atoms with van der Waals surface area (Å²) >= 11 is 0.900. The lowest BCUT2D eigenvalue weighted by atomic mass is 10.5. The Morgan fingerprint density at radius 3 is 2.71 bits per heavy atom. The number of hydrogen-bond acceptors (Lipinski definition) is 5. The second-order valence-electron chi connectivity index (χ2n) is 2.99. The summed E-state index contributed by atoms with van der Waals surface area (Å²) in [5.41, 5.74) is 0. The van der Waals surface area contributed by atoms with Crippen molar-refractivity contribution in [3.8, 4) is 0 Å². The van der Waals surface area contributed by atoms with Gasteiger partial charge in [0.1, 0.15) is 0 Å². The number of amides is 2. The number of carbonyl (C=O) groups excluding carboxylic acids is 2. The average Bonchev–Trinajstić information content (AvgIpc) is 2.39. The van der Waals surface area contributed by atoms with Gasteiger partial charge in [-0.05, 0) is 31.9 Å². The first-order valence-corrected chi connectivity index (χ1v) is 4.87. The maximum Gasteiger partial charge on any atom is 0.290 e. The van der Waals surface area contributed by atoms with Gasteiger partial charge in [0.2, 0.25) is 0 Å². The maximum absolute atomic E-state index is 11.0. The average molecular weight is 216 g/mol. The van der Waals surface area contributed by atoms with Crippen LogP contribution in [0.4, 0.5) is 4.79 Å². The Bertz CT molecular complexity index is 276. The molecule has 5 nitrogen and oxygen atoms in total. The molecule has 1 fully saturated rings. The predicted octanol–water partition coefficient (Wildman–Crippen LogP) is 0.389. The molecule has 0 atom stereocenters. The van der Waals surface area contributed by atoms with Gasteiger partial charge < -0.3 is 4.74 Å². The van der Waals surface area contributed by atoms with Crippen LogP contribution in [0.5, 0.6) is 0 Å². The van der Waals surface area contributed by atoms with E-state index in [0.717, 1.165) is 11.8 Å². The molecule has 1 rings (SSSR count). The normalized spacial score (nSPS) is 19.5.